The van der Waals surface area contributed by atoms with Gasteiger partial charge in [-0.15, -0.1) is 11.3 Å². The third kappa shape index (κ3) is 6.11. The number of nitrogens with zero attached hydrogens (tertiary/aromatic N) is 4. The standard InChI is InChI=1S/C27H36N4O3S/c1-19(2)30(26(33)34-27(3,4)5)17-20-10-8-14-29(16-20)18-31-25(32)22-12-7-6-11-21(22)24(28-31)23-13-9-15-35-23/h6-7,9,11-13,15,19-20H,8,10,14,16-18H2,1-5H3/t20-/m1/s1. The fourth-order valence-corrected chi connectivity index (χ4v) is 5.36. The maximum Gasteiger partial charge on any atom is 0.410 e. The summed E-state index contributed by atoms with van der Waals surface area (Å²) in [6.45, 7) is 12.5. The number of aromatic nitrogens is 2. The van der Waals surface area contributed by atoms with Crippen LogP contribution < -0.4 is 5.56 Å². The van der Waals surface area contributed by atoms with Crippen molar-refractivity contribution >= 4 is 28.2 Å². The summed E-state index contributed by atoms with van der Waals surface area (Å²) in [5, 5.41) is 8.41. The Bertz CT molecular complexity index is 1210. The normalized spacial score (nSPS) is 17.1. The van der Waals surface area contributed by atoms with Crippen LogP contribution >= 0.6 is 11.3 Å². The molecule has 4 rings (SSSR count). The Balaban J connectivity index is 1.53. The molecule has 1 amide bonds. The summed E-state index contributed by atoms with van der Waals surface area (Å²) in [4.78, 5) is 31.3. The lowest BCUT2D eigenvalue weighted by atomic mass is 9.97. The van der Waals surface area contributed by atoms with E-state index in [1.54, 1.807) is 16.0 Å². The number of likely N-dealkylation sites (tertiary alicyclic amines) is 1. The Morgan fingerprint density at radius 1 is 1.20 bits per heavy atom. The summed E-state index contributed by atoms with van der Waals surface area (Å²) < 4.78 is 7.25. The van der Waals surface area contributed by atoms with Crippen molar-refractivity contribution in [3.8, 4) is 10.6 Å². The molecule has 8 heteroatoms. The van der Waals surface area contributed by atoms with Gasteiger partial charge < -0.3 is 9.64 Å². The molecule has 0 spiro atoms. The van der Waals surface area contributed by atoms with Crippen LogP contribution in [0.3, 0.4) is 0 Å². The van der Waals surface area contributed by atoms with E-state index >= 15 is 0 Å². The summed E-state index contributed by atoms with van der Waals surface area (Å²) in [5.74, 6) is 0.312. The van der Waals surface area contributed by atoms with Gasteiger partial charge in [0, 0.05) is 24.5 Å². The number of fused-ring (bicyclic) bond motifs is 1. The predicted octanol–water partition coefficient (Wildman–Crippen LogP) is 5.44. The maximum absolute atomic E-state index is 13.3. The lowest BCUT2D eigenvalue weighted by Crippen LogP contribution is -2.47. The number of piperidine rings is 1. The second-order valence-corrected chi connectivity index (χ2v) is 11.6. The molecule has 0 aliphatic carbocycles. The molecule has 7 nitrogen and oxygen atoms in total. The molecule has 35 heavy (non-hydrogen) atoms. The molecule has 1 atom stereocenters. The number of benzene rings is 1. The molecule has 0 saturated carbocycles. The van der Waals surface area contributed by atoms with Gasteiger partial charge >= 0.3 is 6.09 Å². The SMILES string of the molecule is CC(C)N(C[C@@H]1CCCN(Cn2nc(-c3cccs3)c3ccccc3c2=O)C1)C(=O)OC(C)(C)C. The molecular weight excluding hydrogens is 460 g/mol. The molecule has 0 N–H and O–H groups in total. The molecular formula is C27H36N4O3S. The molecule has 1 aromatic carbocycles. The molecule has 3 aromatic rings. The van der Waals surface area contributed by atoms with Gasteiger partial charge in [0.1, 0.15) is 11.3 Å². The number of thiophene rings is 1. The average Bonchev–Trinajstić information content (AvgIpc) is 3.33. The van der Waals surface area contributed by atoms with E-state index in [0.29, 0.717) is 24.5 Å². The van der Waals surface area contributed by atoms with Crippen molar-refractivity contribution in [3.63, 3.8) is 0 Å². The van der Waals surface area contributed by atoms with Gasteiger partial charge in [0.25, 0.3) is 5.56 Å². The molecule has 0 unspecified atom stereocenters. The number of amides is 1. The highest BCUT2D eigenvalue weighted by atomic mass is 32.1. The zero-order chi connectivity index (χ0) is 25.2. The van der Waals surface area contributed by atoms with Crippen LogP contribution in [0.2, 0.25) is 0 Å². The Labute approximate surface area is 211 Å². The number of hydrogen-bond acceptors (Lipinski definition) is 6. The van der Waals surface area contributed by atoms with Gasteiger partial charge in [-0.05, 0) is 77.4 Å². The first kappa shape index (κ1) is 25.4. The van der Waals surface area contributed by atoms with E-state index in [4.69, 9.17) is 9.84 Å². The molecule has 0 bridgehead atoms. The van der Waals surface area contributed by atoms with Gasteiger partial charge in [-0.1, -0.05) is 24.3 Å². The van der Waals surface area contributed by atoms with E-state index in [1.807, 2.05) is 81.3 Å². The minimum absolute atomic E-state index is 0.0540. The van der Waals surface area contributed by atoms with Crippen LogP contribution in [0.15, 0.2) is 46.6 Å². The van der Waals surface area contributed by atoms with Crippen LogP contribution in [-0.4, -0.2) is 57.0 Å². The van der Waals surface area contributed by atoms with Gasteiger partial charge in [0.15, 0.2) is 0 Å². The van der Waals surface area contributed by atoms with E-state index in [2.05, 4.69) is 4.90 Å². The summed E-state index contributed by atoms with van der Waals surface area (Å²) >= 11 is 1.63. The van der Waals surface area contributed by atoms with Crippen LogP contribution in [0, 0.1) is 5.92 Å². The van der Waals surface area contributed by atoms with Crippen molar-refractivity contribution in [1.82, 2.24) is 19.6 Å². The molecule has 2 aromatic heterocycles. The Kier molecular flexibility index (Phi) is 7.62. The monoisotopic (exact) mass is 496 g/mol. The number of rotatable bonds is 6. The van der Waals surface area contributed by atoms with Gasteiger partial charge in [-0.2, -0.15) is 5.10 Å². The smallest absolute Gasteiger partial charge is 0.410 e. The van der Waals surface area contributed by atoms with E-state index in [9.17, 15) is 9.59 Å². The minimum Gasteiger partial charge on any atom is -0.444 e. The van der Waals surface area contributed by atoms with Crippen LogP contribution in [0.4, 0.5) is 4.79 Å². The molecule has 1 aliphatic heterocycles. The fourth-order valence-electron chi connectivity index (χ4n) is 4.64. The van der Waals surface area contributed by atoms with Crippen molar-refractivity contribution in [2.24, 2.45) is 5.92 Å². The maximum atomic E-state index is 13.3. The van der Waals surface area contributed by atoms with Crippen molar-refractivity contribution in [2.45, 2.75) is 65.8 Å². The Morgan fingerprint density at radius 3 is 2.60 bits per heavy atom. The van der Waals surface area contributed by atoms with Gasteiger partial charge in [0.05, 0.1) is 16.9 Å². The number of ether oxygens (including phenoxy) is 1. The molecule has 1 aliphatic rings. The zero-order valence-electron chi connectivity index (χ0n) is 21.4. The van der Waals surface area contributed by atoms with E-state index < -0.39 is 5.60 Å². The predicted molar refractivity (Wildman–Crippen MR) is 142 cm³/mol. The van der Waals surface area contributed by atoms with Crippen molar-refractivity contribution < 1.29 is 9.53 Å². The highest BCUT2D eigenvalue weighted by Gasteiger charge is 2.29. The van der Waals surface area contributed by atoms with Gasteiger partial charge in [-0.25, -0.2) is 9.48 Å². The van der Waals surface area contributed by atoms with Crippen molar-refractivity contribution in [3.05, 3.63) is 52.1 Å². The molecule has 3 heterocycles. The number of carbonyl (C=O) groups excluding carboxylic acids is 1. The van der Waals surface area contributed by atoms with Crippen LogP contribution in [-0.2, 0) is 11.4 Å². The first-order chi connectivity index (χ1) is 16.6. The van der Waals surface area contributed by atoms with Crippen molar-refractivity contribution in [2.75, 3.05) is 19.6 Å². The molecule has 188 valence electrons. The highest BCUT2D eigenvalue weighted by molar-refractivity contribution is 7.13. The average molecular weight is 497 g/mol. The fraction of sp³-hybridized carbons (Fsp3) is 0.519. The topological polar surface area (TPSA) is 67.7 Å². The zero-order valence-corrected chi connectivity index (χ0v) is 22.2. The molecule has 1 saturated heterocycles. The van der Waals surface area contributed by atoms with E-state index in [-0.39, 0.29) is 17.7 Å². The largest absolute Gasteiger partial charge is 0.444 e. The van der Waals surface area contributed by atoms with Crippen LogP contribution in [0.5, 0.6) is 0 Å². The lowest BCUT2D eigenvalue weighted by Gasteiger charge is -2.37. The van der Waals surface area contributed by atoms with Gasteiger partial charge in [-0.3, -0.25) is 9.69 Å². The summed E-state index contributed by atoms with van der Waals surface area (Å²) in [6.07, 6.45) is 1.80. The molecule has 0 radical (unpaired) electrons. The van der Waals surface area contributed by atoms with Crippen molar-refractivity contribution in [1.29, 1.82) is 0 Å². The second-order valence-electron chi connectivity index (χ2n) is 10.6. The van der Waals surface area contributed by atoms with Gasteiger partial charge in [0.2, 0.25) is 0 Å². The summed E-state index contributed by atoms with van der Waals surface area (Å²) in [6, 6.07) is 11.8. The number of hydrogen-bond donors (Lipinski definition) is 0. The Hall–Kier alpha value is -2.71. The first-order valence-corrected chi connectivity index (χ1v) is 13.3. The van der Waals surface area contributed by atoms with E-state index in [0.717, 1.165) is 41.9 Å². The summed E-state index contributed by atoms with van der Waals surface area (Å²) in [5.41, 5.74) is 0.256. The molecule has 1 fully saturated rings. The second kappa shape index (κ2) is 10.5. The summed E-state index contributed by atoms with van der Waals surface area (Å²) in [7, 11) is 0. The Morgan fingerprint density at radius 2 is 1.94 bits per heavy atom. The van der Waals surface area contributed by atoms with Crippen LogP contribution in [0.1, 0.15) is 47.5 Å². The first-order valence-electron chi connectivity index (χ1n) is 12.4. The third-order valence-electron chi connectivity index (χ3n) is 6.27. The quantitative estimate of drug-likeness (QED) is 0.455. The minimum atomic E-state index is -0.522. The van der Waals surface area contributed by atoms with Crippen LogP contribution in [0.25, 0.3) is 21.3 Å². The number of carbonyl (C=O) groups is 1. The third-order valence-corrected chi connectivity index (χ3v) is 7.14. The highest BCUT2D eigenvalue weighted by Crippen LogP contribution is 2.28. The van der Waals surface area contributed by atoms with E-state index in [1.165, 1.54) is 0 Å². The lowest BCUT2D eigenvalue weighted by molar-refractivity contribution is 0.0108.